The molecule has 9 nitrogen and oxygen atoms in total. The number of primary amides is 1. The van der Waals surface area contributed by atoms with Crippen LogP contribution in [0.4, 0.5) is 10.1 Å². The molecule has 3 aromatic rings. The van der Waals surface area contributed by atoms with Crippen molar-refractivity contribution in [1.29, 1.82) is 0 Å². The average Bonchev–Trinajstić information content (AvgIpc) is 3.22. The van der Waals surface area contributed by atoms with E-state index in [9.17, 15) is 18.8 Å². The molecule has 35 heavy (non-hydrogen) atoms. The van der Waals surface area contributed by atoms with Crippen LogP contribution in [-0.4, -0.2) is 47.3 Å². The van der Waals surface area contributed by atoms with E-state index in [1.54, 1.807) is 24.3 Å². The number of methoxy groups -OCH3 is 1. The van der Waals surface area contributed by atoms with E-state index < -0.39 is 29.6 Å². The summed E-state index contributed by atoms with van der Waals surface area (Å²) in [4.78, 5) is 39.9. The molecule has 184 valence electrons. The lowest BCUT2D eigenvalue weighted by Crippen LogP contribution is -2.44. The Kier molecular flexibility index (Phi) is 8.74. The third-order valence-corrected chi connectivity index (χ3v) is 6.29. The van der Waals surface area contributed by atoms with Crippen LogP contribution in [0, 0.1) is 5.82 Å². The van der Waals surface area contributed by atoms with Crippen molar-refractivity contribution in [3.63, 3.8) is 0 Å². The lowest BCUT2D eigenvalue weighted by atomic mass is 10.0. The number of aromatic nitrogens is 1. The molecule has 12 heteroatoms. The van der Waals surface area contributed by atoms with E-state index >= 15 is 0 Å². The minimum atomic E-state index is -1.20. The average molecular weight is 520 g/mol. The van der Waals surface area contributed by atoms with Gasteiger partial charge in [0.25, 0.3) is 11.8 Å². The highest BCUT2D eigenvalue weighted by molar-refractivity contribution is 7.09. The second-order valence-electron chi connectivity index (χ2n) is 7.40. The number of nitrogen functional groups attached to an aromatic ring is 1. The number of carbonyl (C=O) groups excluding carboxylic acids is 3. The molecule has 0 bridgehead atoms. The molecule has 0 aliphatic carbocycles. The number of benzene rings is 2. The Morgan fingerprint density at radius 3 is 2.49 bits per heavy atom. The second-order valence-corrected chi connectivity index (χ2v) is 8.58. The number of hydrogen-bond acceptors (Lipinski definition) is 7. The fourth-order valence-electron chi connectivity index (χ4n) is 3.34. The third-order valence-electron chi connectivity index (χ3n) is 5.07. The highest BCUT2D eigenvalue weighted by Crippen LogP contribution is 2.31. The van der Waals surface area contributed by atoms with Gasteiger partial charge >= 0.3 is 0 Å². The van der Waals surface area contributed by atoms with Gasteiger partial charge in [0.2, 0.25) is 5.91 Å². The van der Waals surface area contributed by atoms with Gasteiger partial charge in [-0.3, -0.25) is 14.4 Å². The molecule has 2 aromatic carbocycles. The summed E-state index contributed by atoms with van der Waals surface area (Å²) in [5, 5.41) is 3.09. The quantitative estimate of drug-likeness (QED) is 0.352. The monoisotopic (exact) mass is 519 g/mol. The van der Waals surface area contributed by atoms with Gasteiger partial charge in [-0.1, -0.05) is 41.9 Å². The lowest BCUT2D eigenvalue weighted by Gasteiger charge is -2.31. The first-order valence-corrected chi connectivity index (χ1v) is 11.5. The van der Waals surface area contributed by atoms with Crippen LogP contribution in [-0.2, 0) is 16.1 Å². The maximum absolute atomic E-state index is 13.8. The zero-order chi connectivity index (χ0) is 25.5. The van der Waals surface area contributed by atoms with Gasteiger partial charge < -0.3 is 26.4 Å². The van der Waals surface area contributed by atoms with Crippen LogP contribution in [0.1, 0.15) is 37.3 Å². The summed E-state index contributed by atoms with van der Waals surface area (Å²) in [5.74, 6) is -2.60. The maximum atomic E-state index is 13.8. The summed E-state index contributed by atoms with van der Waals surface area (Å²) >= 11 is 7.04. The van der Waals surface area contributed by atoms with Crippen molar-refractivity contribution in [1.82, 2.24) is 14.6 Å². The van der Waals surface area contributed by atoms with Gasteiger partial charge in [0.1, 0.15) is 16.7 Å². The van der Waals surface area contributed by atoms with E-state index in [-0.39, 0.29) is 36.0 Å². The highest BCUT2D eigenvalue weighted by atomic mass is 35.5. The van der Waals surface area contributed by atoms with Crippen LogP contribution in [0.2, 0.25) is 5.02 Å². The zero-order valence-corrected chi connectivity index (χ0v) is 20.2. The van der Waals surface area contributed by atoms with Gasteiger partial charge in [0, 0.05) is 25.2 Å². The standard InChI is InChI=1S/C23H23ClFN5O4S/c1-34-11-10-28-22(32)19(13-6-8-15(25)9-7-13)30(12-14-4-2-3-5-16(14)24)23(33)20-17(26)18(21(27)31)29-35-20/h2-9,19H,10-12,26H2,1H3,(H2,27,31)(H,28,32). The largest absolute Gasteiger partial charge is 0.395 e. The molecule has 1 aromatic heterocycles. The zero-order valence-electron chi connectivity index (χ0n) is 18.7. The molecular weight excluding hydrogens is 497 g/mol. The minimum Gasteiger partial charge on any atom is -0.395 e. The van der Waals surface area contributed by atoms with Crippen molar-refractivity contribution in [3.8, 4) is 0 Å². The molecule has 5 N–H and O–H groups in total. The predicted octanol–water partition coefficient (Wildman–Crippen LogP) is 2.76. The summed E-state index contributed by atoms with van der Waals surface area (Å²) in [7, 11) is 1.49. The van der Waals surface area contributed by atoms with Crippen molar-refractivity contribution in [3.05, 3.63) is 81.1 Å². The van der Waals surface area contributed by atoms with E-state index in [0.29, 0.717) is 27.7 Å². The van der Waals surface area contributed by atoms with Crippen molar-refractivity contribution >= 4 is 46.5 Å². The van der Waals surface area contributed by atoms with Crippen molar-refractivity contribution in [2.24, 2.45) is 5.73 Å². The number of hydrogen-bond donors (Lipinski definition) is 3. The molecule has 0 saturated heterocycles. The normalized spacial score (nSPS) is 11.6. The van der Waals surface area contributed by atoms with Gasteiger partial charge in [0.15, 0.2) is 5.69 Å². The van der Waals surface area contributed by atoms with Gasteiger partial charge in [-0.15, -0.1) is 0 Å². The van der Waals surface area contributed by atoms with Gasteiger partial charge in [0.05, 0.1) is 12.3 Å². The van der Waals surface area contributed by atoms with E-state index in [1.165, 1.54) is 36.3 Å². The van der Waals surface area contributed by atoms with E-state index in [0.717, 1.165) is 0 Å². The molecule has 3 amide bonds. The van der Waals surface area contributed by atoms with Crippen LogP contribution in [0.5, 0.6) is 0 Å². The molecule has 0 saturated carbocycles. The van der Waals surface area contributed by atoms with Gasteiger partial charge in [-0.05, 0) is 40.9 Å². The van der Waals surface area contributed by atoms with Crippen LogP contribution >= 0.6 is 23.1 Å². The number of amides is 3. The van der Waals surface area contributed by atoms with E-state index in [4.69, 9.17) is 27.8 Å². The number of rotatable bonds is 10. The Labute approximate surface area is 210 Å². The Hall–Kier alpha value is -3.54. The minimum absolute atomic E-state index is 0.0670. The maximum Gasteiger partial charge on any atom is 0.270 e. The van der Waals surface area contributed by atoms with Gasteiger partial charge in [-0.25, -0.2) is 4.39 Å². The SMILES string of the molecule is COCCNC(=O)C(c1ccc(F)cc1)N(Cc1ccccc1Cl)C(=O)c1snc(C(N)=O)c1N. The molecule has 0 aliphatic rings. The number of halogens is 2. The summed E-state index contributed by atoms with van der Waals surface area (Å²) in [6, 6.07) is 10.8. The first kappa shape index (κ1) is 26.1. The van der Waals surface area contributed by atoms with Crippen LogP contribution in [0.15, 0.2) is 48.5 Å². The van der Waals surface area contributed by atoms with E-state index in [1.807, 2.05) is 0 Å². The molecule has 3 rings (SSSR count). The number of ether oxygens (including phenoxy) is 1. The topological polar surface area (TPSA) is 141 Å². The van der Waals surface area contributed by atoms with Crippen molar-refractivity contribution < 1.29 is 23.5 Å². The molecular formula is C23H23ClFN5O4S. The summed E-state index contributed by atoms with van der Waals surface area (Å²) < 4.78 is 22.6. The number of anilines is 1. The Morgan fingerprint density at radius 1 is 1.20 bits per heavy atom. The summed E-state index contributed by atoms with van der Waals surface area (Å²) in [5.41, 5.74) is 11.8. The van der Waals surface area contributed by atoms with Crippen molar-refractivity contribution in [2.75, 3.05) is 26.0 Å². The highest BCUT2D eigenvalue weighted by Gasteiger charge is 2.35. The predicted molar refractivity (Wildman–Crippen MR) is 130 cm³/mol. The summed E-state index contributed by atoms with van der Waals surface area (Å²) in [6.45, 7) is 0.321. The third kappa shape index (κ3) is 6.13. The molecule has 0 radical (unpaired) electrons. The summed E-state index contributed by atoms with van der Waals surface area (Å²) in [6.07, 6.45) is 0. The molecule has 0 aliphatic heterocycles. The van der Waals surface area contributed by atoms with Crippen LogP contribution in [0.25, 0.3) is 0 Å². The van der Waals surface area contributed by atoms with Crippen molar-refractivity contribution in [2.45, 2.75) is 12.6 Å². The second kappa shape index (κ2) is 11.7. The Morgan fingerprint density at radius 2 is 1.89 bits per heavy atom. The number of nitrogens with two attached hydrogens (primary N) is 2. The first-order valence-electron chi connectivity index (χ1n) is 10.4. The Balaban J connectivity index is 2.12. The molecule has 1 heterocycles. The molecule has 0 spiro atoms. The van der Waals surface area contributed by atoms with Crippen LogP contribution < -0.4 is 16.8 Å². The number of nitrogens with zero attached hydrogens (tertiary/aromatic N) is 2. The first-order chi connectivity index (χ1) is 16.7. The molecule has 0 fully saturated rings. The fraction of sp³-hybridized carbons (Fsp3) is 0.217. The Bertz CT molecular complexity index is 1220. The van der Waals surface area contributed by atoms with Gasteiger partial charge in [-0.2, -0.15) is 4.37 Å². The van der Waals surface area contributed by atoms with E-state index in [2.05, 4.69) is 9.69 Å². The lowest BCUT2D eigenvalue weighted by molar-refractivity contribution is -0.126. The molecule has 1 unspecified atom stereocenters. The van der Waals surface area contributed by atoms with Crippen LogP contribution in [0.3, 0.4) is 0 Å². The smallest absolute Gasteiger partial charge is 0.270 e. The number of nitrogens with one attached hydrogen (secondary N) is 1. The number of carbonyl (C=O) groups is 3. The molecule has 1 atom stereocenters. The fourth-order valence-corrected chi connectivity index (χ4v) is 4.30.